The third-order valence-electron chi connectivity index (χ3n) is 4.32. The van der Waals surface area contributed by atoms with Crippen LogP contribution in [0.25, 0.3) is 5.69 Å². The Bertz CT molecular complexity index is 917. The normalized spacial score (nSPS) is 14.1. The minimum atomic E-state index is -1.42. The van der Waals surface area contributed by atoms with Crippen molar-refractivity contribution in [3.63, 3.8) is 0 Å². The van der Waals surface area contributed by atoms with E-state index in [4.69, 9.17) is 11.6 Å². The Morgan fingerprint density at radius 1 is 1.44 bits per heavy atom. The molecule has 0 saturated heterocycles. The first-order valence-corrected chi connectivity index (χ1v) is 8.03. The number of nitrogens with zero attached hydrogens (tertiary/aromatic N) is 3. The average molecular weight is 362 g/mol. The molecule has 25 heavy (non-hydrogen) atoms. The molecular formula is C17H16ClN3O4. The van der Waals surface area contributed by atoms with Gasteiger partial charge in [-0.2, -0.15) is 4.57 Å². The van der Waals surface area contributed by atoms with E-state index in [2.05, 4.69) is 4.99 Å². The van der Waals surface area contributed by atoms with Crippen LogP contribution in [-0.2, 0) is 16.1 Å². The van der Waals surface area contributed by atoms with Gasteiger partial charge in [0, 0.05) is 35.6 Å². The maximum Gasteiger partial charge on any atom is 0.349 e. The zero-order chi connectivity index (χ0) is 18.3. The van der Waals surface area contributed by atoms with Crippen LogP contribution < -0.4 is 9.67 Å². The van der Waals surface area contributed by atoms with Crippen molar-refractivity contribution >= 4 is 29.3 Å². The van der Waals surface area contributed by atoms with Gasteiger partial charge in [-0.1, -0.05) is 11.6 Å². The van der Waals surface area contributed by atoms with Gasteiger partial charge in [0.25, 0.3) is 5.82 Å². The number of carbonyl (C=O) groups excluding carboxylic acids is 1. The average Bonchev–Trinajstić information content (AvgIpc) is 2.79. The molecule has 7 nitrogen and oxygen atoms in total. The number of aliphatic carboxylic acids is 2. The molecule has 2 aromatic rings. The molecule has 2 heterocycles. The van der Waals surface area contributed by atoms with Gasteiger partial charge in [-0.15, -0.1) is 0 Å². The Hall–Kier alpha value is -2.67. The first-order valence-electron chi connectivity index (χ1n) is 7.66. The van der Waals surface area contributed by atoms with Gasteiger partial charge in [-0.25, -0.2) is 9.36 Å². The van der Waals surface area contributed by atoms with E-state index in [9.17, 15) is 19.8 Å². The second-order valence-corrected chi connectivity index (χ2v) is 6.34. The summed E-state index contributed by atoms with van der Waals surface area (Å²) >= 11 is 6.10. The van der Waals surface area contributed by atoms with Crippen LogP contribution in [0.1, 0.15) is 36.5 Å². The van der Waals surface area contributed by atoms with Gasteiger partial charge in [0.15, 0.2) is 5.69 Å². The number of rotatable bonds is 4. The van der Waals surface area contributed by atoms with E-state index in [0.29, 0.717) is 17.4 Å². The van der Waals surface area contributed by atoms with E-state index in [0.717, 1.165) is 22.7 Å². The van der Waals surface area contributed by atoms with Crippen LogP contribution in [-0.4, -0.2) is 27.3 Å². The van der Waals surface area contributed by atoms with E-state index in [1.807, 2.05) is 23.6 Å². The predicted octanol–water partition coefficient (Wildman–Crippen LogP) is 0.815. The van der Waals surface area contributed by atoms with Crippen molar-refractivity contribution in [2.75, 3.05) is 0 Å². The second-order valence-electron chi connectivity index (χ2n) is 5.90. The van der Waals surface area contributed by atoms with Gasteiger partial charge in [-0.05, 0) is 25.1 Å². The first kappa shape index (κ1) is 17.2. The third-order valence-corrected chi connectivity index (χ3v) is 4.56. The molecule has 1 atom stereocenters. The molecule has 0 bridgehead atoms. The maximum absolute atomic E-state index is 11.5. The van der Waals surface area contributed by atoms with E-state index in [1.54, 1.807) is 19.2 Å². The molecular weight excluding hydrogens is 346 g/mol. The number of carbonyl (C=O) groups is 2. The topological polar surface area (TPSA) is 98.6 Å². The molecule has 0 aliphatic carbocycles. The molecule has 0 saturated carbocycles. The Balaban J connectivity index is 2.21. The number of imidazole rings is 1. The Labute approximate surface area is 148 Å². The number of carboxylic acid groups (broad SMARTS) is 2. The number of aromatic nitrogens is 2. The van der Waals surface area contributed by atoms with Crippen molar-refractivity contribution in [1.29, 1.82) is 0 Å². The molecule has 130 valence electrons. The van der Waals surface area contributed by atoms with Crippen molar-refractivity contribution in [2.24, 2.45) is 4.99 Å². The van der Waals surface area contributed by atoms with Crippen molar-refractivity contribution in [3.05, 3.63) is 46.5 Å². The van der Waals surface area contributed by atoms with Crippen LogP contribution in [0.5, 0.6) is 0 Å². The minimum Gasteiger partial charge on any atom is -0.550 e. The molecule has 1 unspecified atom stereocenters. The number of hydrogen-bond donors (Lipinski definition) is 1. The van der Waals surface area contributed by atoms with Crippen molar-refractivity contribution in [1.82, 2.24) is 4.57 Å². The lowest BCUT2D eigenvalue weighted by Gasteiger charge is -2.12. The number of carboxylic acids is 2. The summed E-state index contributed by atoms with van der Waals surface area (Å²) in [6.45, 7) is 3.98. The molecule has 0 fully saturated rings. The molecule has 0 amide bonds. The highest BCUT2D eigenvalue weighted by Crippen LogP contribution is 2.26. The molecule has 1 aromatic heterocycles. The van der Waals surface area contributed by atoms with Crippen molar-refractivity contribution < 1.29 is 24.4 Å². The summed E-state index contributed by atoms with van der Waals surface area (Å²) in [6.07, 6.45) is 1.03. The summed E-state index contributed by atoms with van der Waals surface area (Å²) in [5.41, 5.74) is 3.27. The minimum absolute atomic E-state index is 0.351. The quantitative estimate of drug-likeness (QED) is 0.815. The number of halogens is 1. The van der Waals surface area contributed by atoms with Crippen LogP contribution in [0.4, 0.5) is 0 Å². The van der Waals surface area contributed by atoms with E-state index >= 15 is 0 Å². The summed E-state index contributed by atoms with van der Waals surface area (Å²) in [5.74, 6) is -2.05. The molecule has 0 radical (unpaired) electrons. The van der Waals surface area contributed by atoms with Gasteiger partial charge in [-0.3, -0.25) is 4.99 Å². The van der Waals surface area contributed by atoms with Gasteiger partial charge in [0.2, 0.25) is 6.04 Å². The van der Waals surface area contributed by atoms with Gasteiger partial charge >= 0.3 is 5.97 Å². The molecule has 3 rings (SSSR count). The highest BCUT2D eigenvalue weighted by Gasteiger charge is 2.33. The standard InChI is InChI=1S/C17H16ClN3O4/c1-9-13-5-11(18)3-4-14(13)21-10(2)20(8-12(21)7-19-9)15(17(24)25)6-16(22)23/h3-5,8,15H,6-7H2,1-2H3,(H-,22,23,24,25). The monoisotopic (exact) mass is 361 g/mol. The lowest BCUT2D eigenvalue weighted by atomic mass is 10.1. The first-order chi connectivity index (χ1) is 11.8. The van der Waals surface area contributed by atoms with Crippen LogP contribution >= 0.6 is 11.6 Å². The van der Waals surface area contributed by atoms with Gasteiger partial charge < -0.3 is 15.0 Å². The fraction of sp³-hybridized carbons (Fsp3) is 0.294. The lowest BCUT2D eigenvalue weighted by molar-refractivity contribution is -0.715. The van der Waals surface area contributed by atoms with Gasteiger partial charge in [0.05, 0.1) is 0 Å². The largest absolute Gasteiger partial charge is 0.550 e. The van der Waals surface area contributed by atoms with Crippen LogP contribution in [0.15, 0.2) is 29.4 Å². The number of hydrogen-bond acceptors (Lipinski definition) is 4. The molecule has 1 aliphatic heterocycles. The maximum atomic E-state index is 11.5. The summed E-state index contributed by atoms with van der Waals surface area (Å²) < 4.78 is 3.33. The summed E-state index contributed by atoms with van der Waals surface area (Å²) in [5, 5.41) is 20.9. The van der Waals surface area contributed by atoms with E-state index in [-0.39, 0.29) is 0 Å². The van der Waals surface area contributed by atoms with Crippen molar-refractivity contribution in [3.8, 4) is 5.69 Å². The van der Waals surface area contributed by atoms with Crippen LogP contribution in [0, 0.1) is 6.92 Å². The van der Waals surface area contributed by atoms with Gasteiger partial charge in [0.1, 0.15) is 18.4 Å². The van der Waals surface area contributed by atoms with E-state index in [1.165, 1.54) is 4.57 Å². The molecule has 1 aromatic carbocycles. The summed E-state index contributed by atoms with van der Waals surface area (Å²) in [6, 6.07) is 4.16. The third kappa shape index (κ3) is 3.02. The second kappa shape index (κ2) is 6.33. The highest BCUT2D eigenvalue weighted by atomic mass is 35.5. The molecule has 1 N–H and O–H groups in total. The fourth-order valence-corrected chi connectivity index (χ4v) is 3.30. The molecule has 1 aliphatic rings. The number of benzene rings is 1. The Morgan fingerprint density at radius 2 is 2.16 bits per heavy atom. The number of aliphatic imine (C=N–C) groups is 1. The Morgan fingerprint density at radius 3 is 2.80 bits per heavy atom. The predicted molar refractivity (Wildman–Crippen MR) is 87.9 cm³/mol. The fourth-order valence-electron chi connectivity index (χ4n) is 3.13. The van der Waals surface area contributed by atoms with Crippen LogP contribution in [0.3, 0.4) is 0 Å². The van der Waals surface area contributed by atoms with E-state index < -0.39 is 24.4 Å². The summed E-state index contributed by atoms with van der Waals surface area (Å²) in [4.78, 5) is 27.0. The zero-order valence-electron chi connectivity index (χ0n) is 13.7. The zero-order valence-corrected chi connectivity index (χ0v) is 14.4. The lowest BCUT2D eigenvalue weighted by Crippen LogP contribution is -2.48. The SMILES string of the molecule is CC1=NCc2c[n+](C(CC(=O)[O-])C(=O)O)c(C)n2-c2ccc(Cl)cc21. The molecule has 0 spiro atoms. The Kier molecular flexibility index (Phi) is 4.34. The summed E-state index contributed by atoms with van der Waals surface area (Å²) in [7, 11) is 0. The highest BCUT2D eigenvalue weighted by molar-refractivity contribution is 6.31. The number of fused-ring (bicyclic) bond motifs is 3. The molecule has 8 heteroatoms. The van der Waals surface area contributed by atoms with Crippen molar-refractivity contribution in [2.45, 2.75) is 32.9 Å². The smallest absolute Gasteiger partial charge is 0.349 e. The van der Waals surface area contributed by atoms with Crippen LogP contribution in [0.2, 0.25) is 5.02 Å².